The number of carbonyl (C=O) groups is 1. The van der Waals surface area contributed by atoms with Gasteiger partial charge in [-0.2, -0.15) is 0 Å². The molecule has 1 aliphatic rings. The molecule has 2 heterocycles. The van der Waals surface area contributed by atoms with Gasteiger partial charge in [-0.25, -0.2) is 0 Å². The molecule has 1 atom stereocenters. The van der Waals surface area contributed by atoms with E-state index in [0.717, 1.165) is 26.1 Å². The Bertz CT molecular complexity index is 358. The topological polar surface area (TPSA) is 51.5 Å². The van der Waals surface area contributed by atoms with Gasteiger partial charge < -0.3 is 14.5 Å². The standard InChI is InChI=1S/C11H14ClNO3/c12-10-9(3-6-16-10)11(14)13-4-1-8-2-5-15-7-8/h3,6,8H,1-2,4-5,7H2,(H,13,14). The van der Waals surface area contributed by atoms with Crippen LogP contribution < -0.4 is 5.32 Å². The van der Waals surface area contributed by atoms with Crippen LogP contribution in [0.25, 0.3) is 0 Å². The maximum atomic E-state index is 11.6. The number of amides is 1. The Labute approximate surface area is 98.9 Å². The highest BCUT2D eigenvalue weighted by molar-refractivity contribution is 6.32. The average Bonchev–Trinajstić information content (AvgIpc) is 2.88. The zero-order chi connectivity index (χ0) is 11.4. The summed E-state index contributed by atoms with van der Waals surface area (Å²) in [6.45, 7) is 2.29. The lowest BCUT2D eigenvalue weighted by molar-refractivity contribution is 0.0950. The van der Waals surface area contributed by atoms with Gasteiger partial charge in [0.15, 0.2) is 0 Å². The molecule has 0 spiro atoms. The van der Waals surface area contributed by atoms with Gasteiger partial charge in [-0.15, -0.1) is 0 Å². The van der Waals surface area contributed by atoms with E-state index in [0.29, 0.717) is 18.0 Å². The lowest BCUT2D eigenvalue weighted by atomic mass is 10.1. The number of halogens is 1. The summed E-state index contributed by atoms with van der Waals surface area (Å²) in [7, 11) is 0. The predicted molar refractivity (Wildman–Crippen MR) is 59.6 cm³/mol. The van der Waals surface area contributed by atoms with Crippen molar-refractivity contribution in [3.63, 3.8) is 0 Å². The first-order valence-corrected chi connectivity index (χ1v) is 5.74. The second-order valence-electron chi connectivity index (χ2n) is 3.88. The summed E-state index contributed by atoms with van der Waals surface area (Å²) < 4.78 is 10.1. The smallest absolute Gasteiger partial charge is 0.256 e. The Balaban J connectivity index is 1.73. The van der Waals surface area contributed by atoms with Crippen molar-refractivity contribution in [3.8, 4) is 0 Å². The van der Waals surface area contributed by atoms with E-state index in [1.54, 1.807) is 6.07 Å². The molecule has 5 heteroatoms. The van der Waals surface area contributed by atoms with Crippen LogP contribution >= 0.6 is 11.6 Å². The Hall–Kier alpha value is -1.00. The van der Waals surface area contributed by atoms with Crippen molar-refractivity contribution in [3.05, 3.63) is 23.1 Å². The molecule has 1 fully saturated rings. The van der Waals surface area contributed by atoms with Crippen LogP contribution in [0.5, 0.6) is 0 Å². The van der Waals surface area contributed by atoms with E-state index >= 15 is 0 Å². The number of rotatable bonds is 4. The molecular weight excluding hydrogens is 230 g/mol. The minimum absolute atomic E-state index is 0.140. The molecule has 1 saturated heterocycles. The van der Waals surface area contributed by atoms with Crippen molar-refractivity contribution >= 4 is 17.5 Å². The summed E-state index contributed by atoms with van der Waals surface area (Å²) in [5.41, 5.74) is 0.393. The van der Waals surface area contributed by atoms with Crippen LogP contribution in [-0.4, -0.2) is 25.7 Å². The highest BCUT2D eigenvalue weighted by Crippen LogP contribution is 2.17. The zero-order valence-corrected chi connectivity index (χ0v) is 9.63. The molecule has 0 bridgehead atoms. The largest absolute Gasteiger partial charge is 0.452 e. The van der Waals surface area contributed by atoms with Crippen molar-refractivity contribution in [2.24, 2.45) is 5.92 Å². The Kier molecular flexibility index (Phi) is 3.85. The highest BCUT2D eigenvalue weighted by atomic mass is 35.5. The lowest BCUT2D eigenvalue weighted by Gasteiger charge is -2.07. The quantitative estimate of drug-likeness (QED) is 0.881. The second-order valence-corrected chi connectivity index (χ2v) is 4.23. The molecule has 1 unspecified atom stereocenters. The van der Waals surface area contributed by atoms with Gasteiger partial charge in [0, 0.05) is 19.8 Å². The van der Waals surface area contributed by atoms with Gasteiger partial charge >= 0.3 is 0 Å². The van der Waals surface area contributed by atoms with Crippen LogP contribution in [0.4, 0.5) is 0 Å². The first-order chi connectivity index (χ1) is 7.77. The average molecular weight is 244 g/mol. The van der Waals surface area contributed by atoms with Gasteiger partial charge in [-0.3, -0.25) is 4.79 Å². The van der Waals surface area contributed by atoms with Crippen molar-refractivity contribution in [2.45, 2.75) is 12.8 Å². The van der Waals surface area contributed by atoms with Crippen LogP contribution in [0.1, 0.15) is 23.2 Å². The monoisotopic (exact) mass is 243 g/mol. The number of nitrogens with one attached hydrogen (secondary N) is 1. The molecular formula is C11H14ClNO3. The maximum absolute atomic E-state index is 11.6. The fourth-order valence-electron chi connectivity index (χ4n) is 1.75. The maximum Gasteiger partial charge on any atom is 0.256 e. The number of ether oxygens (including phenoxy) is 1. The van der Waals surface area contributed by atoms with Crippen LogP contribution in [-0.2, 0) is 4.74 Å². The van der Waals surface area contributed by atoms with Crippen LogP contribution in [0, 0.1) is 5.92 Å². The zero-order valence-electron chi connectivity index (χ0n) is 8.87. The van der Waals surface area contributed by atoms with E-state index < -0.39 is 0 Å². The third-order valence-corrected chi connectivity index (χ3v) is 3.02. The summed E-state index contributed by atoms with van der Waals surface area (Å²) in [6, 6.07) is 1.57. The molecule has 1 N–H and O–H groups in total. The first kappa shape index (κ1) is 11.5. The molecule has 0 radical (unpaired) electrons. The molecule has 1 amide bonds. The van der Waals surface area contributed by atoms with Crippen molar-refractivity contribution in [1.82, 2.24) is 5.32 Å². The van der Waals surface area contributed by atoms with Crippen molar-refractivity contribution in [2.75, 3.05) is 19.8 Å². The molecule has 4 nitrogen and oxygen atoms in total. The Morgan fingerprint density at radius 3 is 3.12 bits per heavy atom. The van der Waals surface area contributed by atoms with Crippen molar-refractivity contribution < 1.29 is 13.9 Å². The molecule has 88 valence electrons. The van der Waals surface area contributed by atoms with Gasteiger partial charge in [0.25, 0.3) is 5.91 Å². The molecule has 2 rings (SSSR count). The Morgan fingerprint density at radius 2 is 2.50 bits per heavy atom. The van der Waals surface area contributed by atoms with E-state index in [-0.39, 0.29) is 11.1 Å². The van der Waals surface area contributed by atoms with Gasteiger partial charge in [0.2, 0.25) is 5.22 Å². The summed E-state index contributed by atoms with van der Waals surface area (Å²) in [4.78, 5) is 11.6. The van der Waals surface area contributed by atoms with E-state index in [9.17, 15) is 4.79 Å². The molecule has 1 aliphatic heterocycles. The summed E-state index contributed by atoms with van der Waals surface area (Å²) >= 11 is 5.69. The van der Waals surface area contributed by atoms with Crippen molar-refractivity contribution in [1.29, 1.82) is 0 Å². The van der Waals surface area contributed by atoms with Gasteiger partial charge in [-0.05, 0) is 36.4 Å². The number of hydrogen-bond donors (Lipinski definition) is 1. The summed E-state index contributed by atoms with van der Waals surface area (Å²) in [5.74, 6) is 0.387. The van der Waals surface area contributed by atoms with E-state index in [1.807, 2.05) is 0 Å². The van der Waals surface area contributed by atoms with E-state index in [4.69, 9.17) is 20.8 Å². The minimum Gasteiger partial charge on any atom is -0.452 e. The minimum atomic E-state index is -0.183. The molecule has 1 aromatic heterocycles. The first-order valence-electron chi connectivity index (χ1n) is 5.36. The van der Waals surface area contributed by atoms with Crippen LogP contribution in [0.3, 0.4) is 0 Å². The van der Waals surface area contributed by atoms with Gasteiger partial charge in [0.05, 0.1) is 11.8 Å². The summed E-state index contributed by atoms with van der Waals surface area (Å²) in [5, 5.41) is 2.95. The fraction of sp³-hybridized carbons (Fsp3) is 0.545. The van der Waals surface area contributed by atoms with Crippen LogP contribution in [0.15, 0.2) is 16.7 Å². The fourth-order valence-corrected chi connectivity index (χ4v) is 1.95. The van der Waals surface area contributed by atoms with Gasteiger partial charge in [-0.1, -0.05) is 0 Å². The van der Waals surface area contributed by atoms with E-state index in [1.165, 1.54) is 6.26 Å². The normalized spacial score (nSPS) is 19.9. The number of hydrogen-bond acceptors (Lipinski definition) is 3. The SMILES string of the molecule is O=C(NCCC1CCOC1)c1ccoc1Cl. The predicted octanol–water partition coefficient (Wildman–Crippen LogP) is 2.09. The molecule has 16 heavy (non-hydrogen) atoms. The lowest BCUT2D eigenvalue weighted by Crippen LogP contribution is -2.25. The van der Waals surface area contributed by atoms with E-state index in [2.05, 4.69) is 5.32 Å². The molecule has 0 saturated carbocycles. The van der Waals surface area contributed by atoms with Gasteiger partial charge in [0.1, 0.15) is 0 Å². The number of furan rings is 1. The molecule has 0 aromatic carbocycles. The second kappa shape index (κ2) is 5.37. The molecule has 0 aliphatic carbocycles. The summed E-state index contributed by atoms with van der Waals surface area (Å²) in [6.07, 6.45) is 3.44. The highest BCUT2D eigenvalue weighted by Gasteiger charge is 2.16. The number of carbonyl (C=O) groups excluding carboxylic acids is 1. The Morgan fingerprint density at radius 1 is 1.62 bits per heavy atom. The van der Waals surface area contributed by atoms with Crippen LogP contribution in [0.2, 0.25) is 5.22 Å². The third kappa shape index (κ3) is 2.77. The third-order valence-electron chi connectivity index (χ3n) is 2.72. The molecule has 1 aromatic rings.